The molecule has 2 heterocycles. The summed E-state index contributed by atoms with van der Waals surface area (Å²) in [4.78, 5) is 33.7. The summed E-state index contributed by atoms with van der Waals surface area (Å²) < 4.78 is 9.99. The van der Waals surface area contributed by atoms with Crippen molar-refractivity contribution >= 4 is 12.0 Å². The molecule has 0 aliphatic carbocycles. The van der Waals surface area contributed by atoms with Crippen LogP contribution in [0, 0.1) is 0 Å². The predicted octanol–water partition coefficient (Wildman–Crippen LogP) is 1.64. The molecule has 1 aromatic carbocycles. The lowest BCUT2D eigenvalue weighted by atomic mass is 9.96. The smallest absolute Gasteiger partial charge is 0.328 e. The van der Waals surface area contributed by atoms with E-state index in [-0.39, 0.29) is 12.1 Å². The second-order valence-electron chi connectivity index (χ2n) is 6.08. The Bertz CT molecular complexity index is 804. The summed E-state index contributed by atoms with van der Waals surface area (Å²) in [6, 6.07) is 6.09. The Morgan fingerprint density at radius 1 is 1.38 bits per heavy atom. The molecule has 0 unspecified atom stereocenters. The second-order valence-corrected chi connectivity index (χ2v) is 6.08. The van der Waals surface area contributed by atoms with Crippen LogP contribution in [0.15, 0.2) is 30.6 Å². The van der Waals surface area contributed by atoms with E-state index in [1.54, 1.807) is 25.3 Å². The van der Waals surface area contributed by atoms with Crippen LogP contribution >= 0.6 is 0 Å². The zero-order valence-electron chi connectivity index (χ0n) is 15.0. The highest BCUT2D eigenvalue weighted by molar-refractivity contribution is 5.83. The van der Waals surface area contributed by atoms with Crippen LogP contribution in [0.4, 0.5) is 4.79 Å². The third-order valence-electron chi connectivity index (χ3n) is 4.49. The molecule has 0 saturated carbocycles. The molecule has 26 heavy (non-hydrogen) atoms. The van der Waals surface area contributed by atoms with Gasteiger partial charge < -0.3 is 24.7 Å². The lowest BCUT2D eigenvalue weighted by Crippen LogP contribution is -2.50. The number of H-pyrrole nitrogens is 1. The number of aromatic amines is 1. The number of carbonyl (C=O) groups excluding carboxylic acids is 2. The van der Waals surface area contributed by atoms with Crippen LogP contribution in [0.1, 0.15) is 29.9 Å². The Morgan fingerprint density at radius 2 is 2.19 bits per heavy atom. The Balaban J connectivity index is 1.93. The number of ether oxygens (including phenoxy) is 2. The number of methoxy groups -OCH3 is 2. The highest BCUT2D eigenvalue weighted by Gasteiger charge is 2.35. The van der Waals surface area contributed by atoms with Gasteiger partial charge in [-0.05, 0) is 24.6 Å². The zero-order valence-corrected chi connectivity index (χ0v) is 15.0. The average Bonchev–Trinajstić information content (AvgIpc) is 3.15. The molecule has 2 N–H and O–H groups in total. The van der Waals surface area contributed by atoms with Crippen molar-refractivity contribution in [1.29, 1.82) is 0 Å². The largest absolute Gasteiger partial charge is 0.497 e. The molecule has 2 aromatic rings. The van der Waals surface area contributed by atoms with Crippen molar-refractivity contribution in [2.75, 3.05) is 20.8 Å². The van der Waals surface area contributed by atoms with Crippen molar-refractivity contribution in [3.63, 3.8) is 0 Å². The third kappa shape index (κ3) is 3.35. The van der Waals surface area contributed by atoms with Gasteiger partial charge in [-0.1, -0.05) is 12.1 Å². The number of hydrogen-bond acceptors (Lipinski definition) is 5. The van der Waals surface area contributed by atoms with Gasteiger partial charge in [0.1, 0.15) is 17.8 Å². The summed E-state index contributed by atoms with van der Waals surface area (Å²) in [5.74, 6) is 0.210. The normalized spacial score (nSPS) is 17.2. The topological polar surface area (TPSA) is 96.6 Å². The summed E-state index contributed by atoms with van der Waals surface area (Å²) in [7, 11) is 2.89. The van der Waals surface area contributed by atoms with Crippen LogP contribution in [-0.4, -0.2) is 53.7 Å². The number of fused-ring (bicyclic) bond motifs is 1. The fraction of sp³-hybridized carbons (Fsp3) is 0.389. The van der Waals surface area contributed by atoms with Gasteiger partial charge in [0.2, 0.25) is 0 Å². The Kier molecular flexibility index (Phi) is 5.11. The Hall–Kier alpha value is -3.03. The lowest BCUT2D eigenvalue weighted by Gasteiger charge is -2.35. The fourth-order valence-electron chi connectivity index (χ4n) is 3.15. The number of nitrogens with zero attached hydrogens (tertiary/aromatic N) is 2. The molecule has 0 radical (unpaired) electrons. The average molecular weight is 358 g/mol. The molecule has 0 spiro atoms. The van der Waals surface area contributed by atoms with Gasteiger partial charge in [-0.25, -0.2) is 14.6 Å². The Labute approximate surface area is 151 Å². The first-order valence-electron chi connectivity index (χ1n) is 8.36. The van der Waals surface area contributed by atoms with Crippen molar-refractivity contribution in [3.05, 3.63) is 47.5 Å². The molecule has 1 aliphatic rings. The van der Waals surface area contributed by atoms with Gasteiger partial charge in [-0.2, -0.15) is 0 Å². The van der Waals surface area contributed by atoms with E-state index in [2.05, 4.69) is 20.0 Å². The highest BCUT2D eigenvalue weighted by Crippen LogP contribution is 2.34. The maximum atomic E-state index is 12.8. The summed E-state index contributed by atoms with van der Waals surface area (Å²) in [6.45, 7) is 2.09. The van der Waals surface area contributed by atoms with Gasteiger partial charge in [-0.3, -0.25) is 0 Å². The summed E-state index contributed by atoms with van der Waals surface area (Å²) >= 11 is 0. The number of esters is 1. The molecule has 1 aromatic heterocycles. The molecule has 8 nitrogen and oxygen atoms in total. The van der Waals surface area contributed by atoms with Gasteiger partial charge in [-0.15, -0.1) is 0 Å². The number of amides is 2. The molecule has 2 amide bonds. The third-order valence-corrected chi connectivity index (χ3v) is 4.49. The molecule has 3 rings (SSSR count). The van der Waals surface area contributed by atoms with Gasteiger partial charge in [0.15, 0.2) is 0 Å². The molecule has 8 heteroatoms. The van der Waals surface area contributed by atoms with Crippen molar-refractivity contribution in [2.45, 2.75) is 25.4 Å². The van der Waals surface area contributed by atoms with E-state index in [1.165, 1.54) is 7.11 Å². The molecule has 1 aliphatic heterocycles. The molecule has 2 atom stereocenters. The molecular formula is C18H22N4O4. The van der Waals surface area contributed by atoms with E-state index in [1.807, 2.05) is 24.3 Å². The van der Waals surface area contributed by atoms with Gasteiger partial charge in [0.25, 0.3) is 0 Å². The van der Waals surface area contributed by atoms with Crippen LogP contribution in [-0.2, 0) is 16.0 Å². The van der Waals surface area contributed by atoms with Gasteiger partial charge in [0, 0.05) is 18.7 Å². The molecule has 138 valence electrons. The van der Waals surface area contributed by atoms with Crippen LogP contribution < -0.4 is 10.1 Å². The van der Waals surface area contributed by atoms with Crippen molar-refractivity contribution in [1.82, 2.24) is 20.2 Å². The molecule has 0 saturated heterocycles. The maximum Gasteiger partial charge on any atom is 0.328 e. The lowest BCUT2D eigenvalue weighted by molar-refractivity contribution is -0.142. The Morgan fingerprint density at radius 3 is 2.92 bits per heavy atom. The van der Waals surface area contributed by atoms with E-state index in [0.717, 1.165) is 17.0 Å². The number of aromatic nitrogens is 2. The monoisotopic (exact) mass is 358 g/mol. The minimum Gasteiger partial charge on any atom is -0.497 e. The standard InChI is InChI=1S/C18H22N4O4/c1-11(17(23)26-3)21-18(24)22-8-7-14-15(20-10-19-14)16(22)12-5-4-6-13(9-12)25-2/h4-6,9-11,16H,7-8H2,1-3H3,(H,19,20)(H,21,24)/t11-,16+/m0/s1. The number of carbonyl (C=O) groups is 2. The highest BCUT2D eigenvalue weighted by atomic mass is 16.5. The predicted molar refractivity (Wildman–Crippen MR) is 93.8 cm³/mol. The minimum absolute atomic E-state index is 0.343. The number of urea groups is 1. The summed E-state index contributed by atoms with van der Waals surface area (Å²) in [6.07, 6.45) is 2.30. The first kappa shape index (κ1) is 17.8. The molecule has 0 fully saturated rings. The summed E-state index contributed by atoms with van der Waals surface area (Å²) in [5, 5.41) is 2.69. The fourth-order valence-corrected chi connectivity index (χ4v) is 3.15. The van der Waals surface area contributed by atoms with E-state index in [4.69, 9.17) is 4.74 Å². The number of imidazole rings is 1. The van der Waals surface area contributed by atoms with E-state index >= 15 is 0 Å². The van der Waals surface area contributed by atoms with Crippen molar-refractivity contribution in [3.8, 4) is 5.75 Å². The maximum absolute atomic E-state index is 12.8. The quantitative estimate of drug-likeness (QED) is 0.810. The van der Waals surface area contributed by atoms with Crippen molar-refractivity contribution in [2.24, 2.45) is 0 Å². The second kappa shape index (κ2) is 7.47. The van der Waals surface area contributed by atoms with E-state index in [0.29, 0.717) is 18.7 Å². The first-order chi connectivity index (χ1) is 12.5. The molecular weight excluding hydrogens is 336 g/mol. The minimum atomic E-state index is -0.737. The number of benzene rings is 1. The number of rotatable bonds is 4. The van der Waals surface area contributed by atoms with Crippen LogP contribution in [0.3, 0.4) is 0 Å². The van der Waals surface area contributed by atoms with Crippen LogP contribution in [0.5, 0.6) is 5.75 Å². The van der Waals surface area contributed by atoms with Gasteiger partial charge in [0.05, 0.1) is 26.2 Å². The number of nitrogens with one attached hydrogen (secondary N) is 2. The number of hydrogen-bond donors (Lipinski definition) is 2. The first-order valence-corrected chi connectivity index (χ1v) is 8.36. The van der Waals surface area contributed by atoms with E-state index in [9.17, 15) is 9.59 Å². The van der Waals surface area contributed by atoms with Crippen molar-refractivity contribution < 1.29 is 19.1 Å². The zero-order chi connectivity index (χ0) is 18.7. The van der Waals surface area contributed by atoms with Crippen LogP contribution in [0.2, 0.25) is 0 Å². The summed E-state index contributed by atoms with van der Waals surface area (Å²) in [5.41, 5.74) is 2.69. The van der Waals surface area contributed by atoms with E-state index < -0.39 is 12.0 Å². The molecule has 0 bridgehead atoms. The van der Waals surface area contributed by atoms with Gasteiger partial charge >= 0.3 is 12.0 Å². The van der Waals surface area contributed by atoms with Crippen LogP contribution in [0.25, 0.3) is 0 Å². The SMILES string of the molecule is COC(=O)[C@H](C)NC(=O)N1CCc2[nH]cnc2[C@H]1c1cccc(OC)c1.